The topological polar surface area (TPSA) is 58.2 Å². The maximum absolute atomic E-state index is 13.1. The lowest BCUT2D eigenvalue weighted by Gasteiger charge is -2.56. The second-order valence-corrected chi connectivity index (χ2v) is 8.43. The molecule has 4 bridgehead atoms. The van der Waals surface area contributed by atoms with Crippen molar-refractivity contribution in [3.05, 3.63) is 30.1 Å². The molecule has 25 heavy (non-hydrogen) atoms. The molecule has 2 amide bonds. The van der Waals surface area contributed by atoms with Crippen LogP contribution in [-0.2, 0) is 9.59 Å². The van der Waals surface area contributed by atoms with Gasteiger partial charge in [-0.25, -0.2) is 4.39 Å². The van der Waals surface area contributed by atoms with Crippen LogP contribution in [0.3, 0.4) is 0 Å². The van der Waals surface area contributed by atoms with Crippen LogP contribution >= 0.6 is 0 Å². The Hall–Kier alpha value is -1.91. The van der Waals surface area contributed by atoms with E-state index >= 15 is 0 Å². The lowest BCUT2D eigenvalue weighted by atomic mass is 9.49. The molecule has 4 fully saturated rings. The van der Waals surface area contributed by atoms with Crippen molar-refractivity contribution in [1.29, 1.82) is 0 Å². The van der Waals surface area contributed by atoms with Crippen LogP contribution in [-0.4, -0.2) is 18.4 Å². The van der Waals surface area contributed by atoms with E-state index in [9.17, 15) is 14.0 Å². The third-order valence-corrected chi connectivity index (χ3v) is 6.26. The summed E-state index contributed by atoms with van der Waals surface area (Å²) >= 11 is 0. The summed E-state index contributed by atoms with van der Waals surface area (Å²) in [5.41, 5.74) is 0.582. The molecule has 0 unspecified atom stereocenters. The Bertz CT molecular complexity index is 653. The minimum Gasteiger partial charge on any atom is -0.347 e. The van der Waals surface area contributed by atoms with Crippen molar-refractivity contribution in [2.75, 3.05) is 11.9 Å². The van der Waals surface area contributed by atoms with Gasteiger partial charge in [-0.3, -0.25) is 9.59 Å². The third kappa shape index (κ3) is 3.70. The lowest BCUT2D eigenvalue weighted by Crippen LogP contribution is -2.48. The Morgan fingerprint density at radius 1 is 1.04 bits per heavy atom. The summed E-state index contributed by atoms with van der Waals surface area (Å²) in [4.78, 5) is 24.3. The fourth-order valence-corrected chi connectivity index (χ4v) is 5.86. The zero-order chi connectivity index (χ0) is 17.4. The molecule has 1 aromatic rings. The SMILES string of the molecule is O=C(CC12CC3CC(CC(C3)C1)C2)NCC(=O)Nc1cccc(F)c1. The Labute approximate surface area is 147 Å². The summed E-state index contributed by atoms with van der Waals surface area (Å²) < 4.78 is 13.1. The van der Waals surface area contributed by atoms with Crippen LogP contribution in [0.2, 0.25) is 0 Å². The number of amides is 2. The average Bonchev–Trinajstić information content (AvgIpc) is 2.51. The highest BCUT2D eigenvalue weighted by Crippen LogP contribution is 2.61. The van der Waals surface area contributed by atoms with Crippen molar-refractivity contribution < 1.29 is 14.0 Å². The van der Waals surface area contributed by atoms with Gasteiger partial charge in [0, 0.05) is 12.1 Å². The largest absolute Gasteiger partial charge is 0.347 e. The van der Waals surface area contributed by atoms with Gasteiger partial charge in [-0.2, -0.15) is 0 Å². The maximum atomic E-state index is 13.1. The van der Waals surface area contributed by atoms with Gasteiger partial charge < -0.3 is 10.6 Å². The molecule has 0 spiro atoms. The molecule has 0 atom stereocenters. The minimum atomic E-state index is -0.399. The molecule has 0 aromatic heterocycles. The first-order chi connectivity index (χ1) is 12.0. The number of carbonyl (C=O) groups excluding carboxylic acids is 2. The minimum absolute atomic E-state index is 0.0312. The average molecular weight is 344 g/mol. The molecule has 0 radical (unpaired) electrons. The molecule has 0 heterocycles. The molecule has 0 aliphatic heterocycles. The zero-order valence-electron chi connectivity index (χ0n) is 14.4. The zero-order valence-corrected chi connectivity index (χ0v) is 14.4. The Balaban J connectivity index is 1.27. The van der Waals surface area contributed by atoms with E-state index in [2.05, 4.69) is 10.6 Å². The first kappa shape index (κ1) is 16.6. The first-order valence-corrected chi connectivity index (χ1v) is 9.32. The summed E-state index contributed by atoms with van der Waals surface area (Å²) in [6, 6.07) is 5.74. The molecule has 5 rings (SSSR count). The molecule has 5 heteroatoms. The van der Waals surface area contributed by atoms with Crippen molar-refractivity contribution in [3.63, 3.8) is 0 Å². The summed E-state index contributed by atoms with van der Waals surface area (Å²) in [7, 11) is 0. The van der Waals surface area contributed by atoms with Gasteiger partial charge in [-0.05, 0) is 79.9 Å². The van der Waals surface area contributed by atoms with E-state index in [4.69, 9.17) is 0 Å². The van der Waals surface area contributed by atoms with Crippen LogP contribution in [0.5, 0.6) is 0 Å². The molecular weight excluding hydrogens is 319 g/mol. The molecule has 0 saturated heterocycles. The number of rotatable bonds is 5. The predicted octanol–water partition coefficient (Wildman–Crippen LogP) is 3.49. The van der Waals surface area contributed by atoms with Gasteiger partial charge in [0.2, 0.25) is 11.8 Å². The lowest BCUT2D eigenvalue weighted by molar-refractivity contribution is -0.131. The van der Waals surface area contributed by atoms with E-state index in [1.54, 1.807) is 6.07 Å². The van der Waals surface area contributed by atoms with Crippen molar-refractivity contribution in [3.8, 4) is 0 Å². The summed E-state index contributed by atoms with van der Waals surface area (Å²) in [5.74, 6) is 1.69. The van der Waals surface area contributed by atoms with Crippen LogP contribution < -0.4 is 10.6 Å². The second-order valence-electron chi connectivity index (χ2n) is 8.43. The van der Waals surface area contributed by atoms with Gasteiger partial charge in [-0.15, -0.1) is 0 Å². The third-order valence-electron chi connectivity index (χ3n) is 6.26. The van der Waals surface area contributed by atoms with Gasteiger partial charge >= 0.3 is 0 Å². The van der Waals surface area contributed by atoms with E-state index in [0.29, 0.717) is 12.1 Å². The number of anilines is 1. The van der Waals surface area contributed by atoms with Crippen LogP contribution in [0, 0.1) is 29.0 Å². The molecule has 4 aliphatic carbocycles. The van der Waals surface area contributed by atoms with Crippen LogP contribution in [0.4, 0.5) is 10.1 Å². The fourth-order valence-electron chi connectivity index (χ4n) is 5.86. The van der Waals surface area contributed by atoms with Gasteiger partial charge in [0.15, 0.2) is 0 Å². The predicted molar refractivity (Wildman–Crippen MR) is 93.3 cm³/mol. The van der Waals surface area contributed by atoms with Crippen molar-refractivity contribution in [2.24, 2.45) is 23.2 Å². The van der Waals surface area contributed by atoms with E-state index < -0.39 is 5.82 Å². The normalized spacial score (nSPS) is 32.4. The van der Waals surface area contributed by atoms with Gasteiger partial charge in [0.05, 0.1) is 6.54 Å². The van der Waals surface area contributed by atoms with Gasteiger partial charge in [-0.1, -0.05) is 6.07 Å². The summed E-state index contributed by atoms with van der Waals surface area (Å²) in [6.45, 7) is -0.0677. The smallest absolute Gasteiger partial charge is 0.243 e. The fraction of sp³-hybridized carbons (Fsp3) is 0.600. The highest BCUT2D eigenvalue weighted by atomic mass is 19.1. The van der Waals surface area contributed by atoms with Gasteiger partial charge in [0.25, 0.3) is 0 Å². The molecule has 134 valence electrons. The molecule has 4 aliphatic rings. The first-order valence-electron chi connectivity index (χ1n) is 9.32. The Morgan fingerprint density at radius 3 is 2.28 bits per heavy atom. The van der Waals surface area contributed by atoms with Crippen LogP contribution in [0.15, 0.2) is 24.3 Å². The number of nitrogens with one attached hydrogen (secondary N) is 2. The quantitative estimate of drug-likeness (QED) is 0.859. The number of halogens is 1. The van der Waals surface area contributed by atoms with E-state index in [0.717, 1.165) is 17.8 Å². The van der Waals surface area contributed by atoms with Crippen molar-refractivity contribution in [1.82, 2.24) is 5.32 Å². The number of hydrogen-bond acceptors (Lipinski definition) is 2. The highest BCUT2D eigenvalue weighted by molar-refractivity contribution is 5.94. The van der Waals surface area contributed by atoms with Crippen LogP contribution in [0.25, 0.3) is 0 Å². The number of carbonyl (C=O) groups is 2. The standard InChI is InChI=1S/C20H25FN2O2/c21-16-2-1-3-17(7-16)23-19(25)12-22-18(24)11-20-8-13-4-14(9-20)6-15(5-13)10-20/h1-3,7,13-15H,4-6,8-12H2,(H,22,24)(H,23,25). The van der Waals surface area contributed by atoms with Crippen molar-refractivity contribution in [2.45, 2.75) is 44.9 Å². The van der Waals surface area contributed by atoms with E-state index in [1.807, 2.05) is 0 Å². The second kappa shape index (κ2) is 6.43. The molecule has 1 aromatic carbocycles. The highest BCUT2D eigenvalue weighted by Gasteiger charge is 2.51. The molecule has 2 N–H and O–H groups in total. The molecule has 4 nitrogen and oxygen atoms in total. The molecule has 4 saturated carbocycles. The van der Waals surface area contributed by atoms with E-state index in [-0.39, 0.29) is 23.8 Å². The summed E-state index contributed by atoms with van der Waals surface area (Å²) in [6.07, 6.45) is 8.17. The Kier molecular flexibility index (Phi) is 4.26. The maximum Gasteiger partial charge on any atom is 0.243 e. The number of hydrogen-bond donors (Lipinski definition) is 2. The molecular formula is C20H25FN2O2. The van der Waals surface area contributed by atoms with Crippen LogP contribution in [0.1, 0.15) is 44.9 Å². The van der Waals surface area contributed by atoms with Crippen molar-refractivity contribution >= 4 is 17.5 Å². The van der Waals surface area contributed by atoms with E-state index in [1.165, 1.54) is 56.7 Å². The Morgan fingerprint density at radius 2 is 1.68 bits per heavy atom. The van der Waals surface area contributed by atoms with Gasteiger partial charge in [0.1, 0.15) is 5.82 Å². The summed E-state index contributed by atoms with van der Waals surface area (Å²) in [5, 5.41) is 5.35. The number of benzene rings is 1. The monoisotopic (exact) mass is 344 g/mol.